The van der Waals surface area contributed by atoms with Crippen molar-refractivity contribution in [1.82, 2.24) is 15.2 Å². The normalized spacial score (nSPS) is 12.6. The second-order valence-electron chi connectivity index (χ2n) is 6.23. The molecule has 0 aliphatic carbocycles. The number of aromatic nitrogens is 1. The Morgan fingerprint density at radius 3 is 2.71 bits per heavy atom. The third-order valence-corrected chi connectivity index (χ3v) is 5.30. The van der Waals surface area contributed by atoms with Crippen LogP contribution in [0.1, 0.15) is 36.2 Å². The first-order valence-corrected chi connectivity index (χ1v) is 10.1. The Morgan fingerprint density at radius 1 is 1.29 bits per heavy atom. The van der Waals surface area contributed by atoms with E-state index in [-0.39, 0.29) is 6.10 Å². The van der Waals surface area contributed by atoms with Gasteiger partial charge in [0.05, 0.1) is 33.0 Å². The molecule has 28 heavy (non-hydrogen) atoms. The van der Waals surface area contributed by atoms with Gasteiger partial charge in [-0.05, 0) is 19.9 Å². The molecule has 0 saturated heterocycles. The lowest BCUT2D eigenvalue weighted by Gasteiger charge is -2.21. The van der Waals surface area contributed by atoms with Crippen molar-refractivity contribution in [3.8, 4) is 11.5 Å². The molecule has 0 aliphatic rings. The average Bonchev–Trinajstić information content (AvgIpc) is 3.18. The first-order valence-electron chi connectivity index (χ1n) is 9.20. The number of aliphatic imine (C=N–C) groups is 1. The fraction of sp³-hybridized carbons (Fsp3) is 0.500. The van der Waals surface area contributed by atoms with Crippen molar-refractivity contribution in [2.45, 2.75) is 33.0 Å². The van der Waals surface area contributed by atoms with Crippen LogP contribution in [0.2, 0.25) is 0 Å². The summed E-state index contributed by atoms with van der Waals surface area (Å²) < 4.78 is 16.2. The molecule has 0 fully saturated rings. The standard InChI is InChI=1S/C20H30N4O3S/c1-7-21-20(22-11-15-9-8-10-17(26-5)18(15)27-6)24(3)12-16-13-28-19(23-16)14(2)25-4/h8-10,13-14H,7,11-12H2,1-6H3,(H,21,22). The molecule has 2 aromatic rings. The first-order chi connectivity index (χ1) is 13.5. The van der Waals surface area contributed by atoms with Crippen molar-refractivity contribution in [3.05, 3.63) is 39.8 Å². The molecule has 154 valence electrons. The van der Waals surface area contributed by atoms with Gasteiger partial charge in [-0.15, -0.1) is 11.3 Å². The molecule has 0 saturated carbocycles. The van der Waals surface area contributed by atoms with Crippen LogP contribution in [-0.4, -0.2) is 50.8 Å². The highest BCUT2D eigenvalue weighted by atomic mass is 32.1. The number of methoxy groups -OCH3 is 3. The molecule has 1 heterocycles. The lowest BCUT2D eigenvalue weighted by Crippen LogP contribution is -2.38. The fourth-order valence-corrected chi connectivity index (χ4v) is 3.55. The molecule has 7 nitrogen and oxygen atoms in total. The number of hydrogen-bond acceptors (Lipinski definition) is 6. The third kappa shape index (κ3) is 5.59. The zero-order valence-electron chi connectivity index (χ0n) is 17.5. The van der Waals surface area contributed by atoms with Crippen LogP contribution in [0.3, 0.4) is 0 Å². The van der Waals surface area contributed by atoms with E-state index >= 15 is 0 Å². The second kappa shape index (κ2) is 10.9. The van der Waals surface area contributed by atoms with Crippen LogP contribution in [0.5, 0.6) is 11.5 Å². The van der Waals surface area contributed by atoms with E-state index in [1.807, 2.05) is 32.2 Å². The van der Waals surface area contributed by atoms with Gasteiger partial charge in [-0.25, -0.2) is 9.98 Å². The number of rotatable bonds is 9. The Morgan fingerprint density at radius 2 is 2.07 bits per heavy atom. The molecule has 1 aromatic heterocycles. The Bertz CT molecular complexity index is 779. The van der Waals surface area contributed by atoms with Gasteiger partial charge in [-0.3, -0.25) is 0 Å². The van der Waals surface area contributed by atoms with Gasteiger partial charge in [0.25, 0.3) is 0 Å². The number of guanidine groups is 1. The minimum Gasteiger partial charge on any atom is -0.493 e. The predicted molar refractivity (Wildman–Crippen MR) is 113 cm³/mol. The van der Waals surface area contributed by atoms with E-state index in [1.165, 1.54) is 0 Å². The molecule has 0 bridgehead atoms. The maximum atomic E-state index is 5.50. The number of nitrogens with one attached hydrogen (secondary N) is 1. The monoisotopic (exact) mass is 406 g/mol. The highest BCUT2D eigenvalue weighted by Gasteiger charge is 2.14. The summed E-state index contributed by atoms with van der Waals surface area (Å²) in [5.41, 5.74) is 1.96. The Balaban J connectivity index is 2.14. The van der Waals surface area contributed by atoms with E-state index < -0.39 is 0 Å². The van der Waals surface area contributed by atoms with E-state index in [0.717, 1.165) is 28.8 Å². The molecule has 8 heteroatoms. The summed E-state index contributed by atoms with van der Waals surface area (Å²) in [5.74, 6) is 2.22. The van der Waals surface area contributed by atoms with Gasteiger partial charge in [0.1, 0.15) is 11.1 Å². The summed E-state index contributed by atoms with van der Waals surface area (Å²) >= 11 is 1.62. The molecular formula is C20H30N4O3S. The van der Waals surface area contributed by atoms with Gasteiger partial charge in [0, 0.05) is 31.6 Å². The number of hydrogen-bond donors (Lipinski definition) is 1. The van der Waals surface area contributed by atoms with Crippen LogP contribution < -0.4 is 14.8 Å². The maximum Gasteiger partial charge on any atom is 0.194 e. The van der Waals surface area contributed by atoms with Crippen LogP contribution in [0.25, 0.3) is 0 Å². The predicted octanol–water partition coefficient (Wildman–Crippen LogP) is 3.47. The summed E-state index contributed by atoms with van der Waals surface area (Å²) in [5, 5.41) is 6.38. The minimum atomic E-state index is 0.00601. The van der Waals surface area contributed by atoms with Crippen LogP contribution >= 0.6 is 11.3 Å². The number of nitrogens with zero attached hydrogens (tertiary/aromatic N) is 3. The van der Waals surface area contributed by atoms with Crippen molar-refractivity contribution < 1.29 is 14.2 Å². The fourth-order valence-electron chi connectivity index (χ4n) is 2.71. The van der Waals surface area contributed by atoms with Gasteiger partial charge in [0.15, 0.2) is 17.5 Å². The van der Waals surface area contributed by atoms with Crippen molar-refractivity contribution in [2.24, 2.45) is 4.99 Å². The minimum absolute atomic E-state index is 0.00601. The Hall–Kier alpha value is -2.32. The lowest BCUT2D eigenvalue weighted by atomic mass is 10.2. The van der Waals surface area contributed by atoms with E-state index in [2.05, 4.69) is 27.5 Å². The second-order valence-corrected chi connectivity index (χ2v) is 7.12. The lowest BCUT2D eigenvalue weighted by molar-refractivity contribution is 0.119. The van der Waals surface area contributed by atoms with Gasteiger partial charge in [-0.1, -0.05) is 12.1 Å². The Labute approximate surface area is 171 Å². The first kappa shape index (κ1) is 22.0. The van der Waals surface area contributed by atoms with E-state index in [0.29, 0.717) is 24.6 Å². The van der Waals surface area contributed by atoms with Crippen LogP contribution in [0.15, 0.2) is 28.6 Å². The van der Waals surface area contributed by atoms with Crippen molar-refractivity contribution >= 4 is 17.3 Å². The topological polar surface area (TPSA) is 68.2 Å². The summed E-state index contributed by atoms with van der Waals surface area (Å²) in [4.78, 5) is 11.5. The third-order valence-electron chi connectivity index (χ3n) is 4.25. The van der Waals surface area contributed by atoms with Crippen LogP contribution in [0, 0.1) is 0 Å². The molecular weight excluding hydrogens is 376 g/mol. The summed E-state index contributed by atoms with van der Waals surface area (Å²) in [6.45, 7) is 5.97. The molecule has 0 amide bonds. The number of para-hydroxylation sites is 1. The molecule has 0 spiro atoms. The Kier molecular flexibility index (Phi) is 8.53. The summed E-state index contributed by atoms with van der Waals surface area (Å²) in [6.07, 6.45) is 0.00601. The molecule has 1 N–H and O–H groups in total. The zero-order chi connectivity index (χ0) is 20.5. The highest BCUT2D eigenvalue weighted by Crippen LogP contribution is 2.31. The highest BCUT2D eigenvalue weighted by molar-refractivity contribution is 7.09. The summed E-state index contributed by atoms with van der Waals surface area (Å²) in [7, 11) is 6.97. The van der Waals surface area contributed by atoms with Gasteiger partial charge >= 0.3 is 0 Å². The smallest absolute Gasteiger partial charge is 0.194 e. The molecule has 0 radical (unpaired) electrons. The molecule has 1 aromatic carbocycles. The molecule has 1 unspecified atom stereocenters. The molecule has 0 aliphatic heterocycles. The molecule has 2 rings (SSSR count). The summed E-state index contributed by atoms with van der Waals surface area (Å²) in [6, 6.07) is 5.81. The van der Waals surface area contributed by atoms with Crippen molar-refractivity contribution in [2.75, 3.05) is 34.9 Å². The largest absolute Gasteiger partial charge is 0.493 e. The number of thiazole rings is 1. The molecule has 1 atom stereocenters. The average molecular weight is 407 g/mol. The van der Waals surface area contributed by atoms with Crippen LogP contribution in [-0.2, 0) is 17.8 Å². The van der Waals surface area contributed by atoms with Crippen molar-refractivity contribution in [1.29, 1.82) is 0 Å². The van der Waals surface area contributed by atoms with Crippen LogP contribution in [0.4, 0.5) is 0 Å². The quantitative estimate of drug-likeness (QED) is 0.508. The van der Waals surface area contributed by atoms with E-state index in [4.69, 9.17) is 19.2 Å². The van der Waals surface area contributed by atoms with Gasteiger partial charge in [0.2, 0.25) is 0 Å². The van der Waals surface area contributed by atoms with E-state index in [9.17, 15) is 0 Å². The zero-order valence-corrected chi connectivity index (χ0v) is 18.3. The SMILES string of the molecule is CCNC(=NCc1cccc(OC)c1OC)N(C)Cc1csc(C(C)OC)n1. The van der Waals surface area contributed by atoms with Gasteiger partial charge in [-0.2, -0.15) is 0 Å². The maximum absolute atomic E-state index is 5.50. The number of benzene rings is 1. The van der Waals surface area contributed by atoms with Crippen molar-refractivity contribution in [3.63, 3.8) is 0 Å². The van der Waals surface area contributed by atoms with E-state index in [1.54, 1.807) is 32.7 Å². The number of ether oxygens (including phenoxy) is 3. The van der Waals surface area contributed by atoms with Gasteiger partial charge < -0.3 is 24.4 Å².